The predicted molar refractivity (Wildman–Crippen MR) is 125 cm³/mol. The third kappa shape index (κ3) is 3.90. The van der Waals surface area contributed by atoms with Gasteiger partial charge in [0.25, 0.3) is 0 Å². The van der Waals surface area contributed by atoms with E-state index in [0.717, 1.165) is 63.4 Å². The van der Waals surface area contributed by atoms with Crippen LogP contribution in [0, 0.1) is 25.6 Å². The topological polar surface area (TPSA) is 71.0 Å². The van der Waals surface area contributed by atoms with Crippen LogP contribution in [0.4, 0.5) is 10.2 Å². The summed E-state index contributed by atoms with van der Waals surface area (Å²) in [6, 6.07) is 8.30. The molecular weight excluding hydrogens is 425 g/mol. The van der Waals surface area contributed by atoms with Crippen molar-refractivity contribution in [3.8, 4) is 0 Å². The van der Waals surface area contributed by atoms with Gasteiger partial charge >= 0.3 is 0 Å². The van der Waals surface area contributed by atoms with E-state index in [9.17, 15) is 9.18 Å². The van der Waals surface area contributed by atoms with Crippen LogP contribution < -0.4 is 10.2 Å². The largest absolute Gasteiger partial charge is 0.355 e. The molecule has 0 unspecified atom stereocenters. The van der Waals surface area contributed by atoms with Crippen LogP contribution >= 0.6 is 11.3 Å². The molecule has 4 heterocycles. The van der Waals surface area contributed by atoms with Gasteiger partial charge in [0, 0.05) is 36.6 Å². The highest BCUT2D eigenvalue weighted by Crippen LogP contribution is 2.38. The first-order valence-electron chi connectivity index (χ1n) is 10.8. The highest BCUT2D eigenvalue weighted by molar-refractivity contribution is 7.26. The number of carbonyl (C=O) groups is 1. The molecule has 1 aliphatic rings. The van der Waals surface area contributed by atoms with Crippen molar-refractivity contribution in [2.45, 2.75) is 33.2 Å². The summed E-state index contributed by atoms with van der Waals surface area (Å²) in [5, 5.41) is 4.10. The molecule has 5 rings (SSSR count). The standard InChI is InChI=1S/C24H24FN5OS/c1-14-11-15(2)29-24-19(14)20-21(32-24)22(28-13-27-20)30-9-7-17(8-10-30)23(31)26-12-16-3-5-18(25)6-4-16/h3-6,11,13,17H,7-10,12H2,1-2H3,(H,26,31). The lowest BCUT2D eigenvalue weighted by Crippen LogP contribution is -2.40. The molecule has 1 saturated heterocycles. The monoisotopic (exact) mass is 449 g/mol. The molecule has 0 aliphatic carbocycles. The van der Waals surface area contributed by atoms with Gasteiger partial charge in [-0.05, 0) is 56.0 Å². The lowest BCUT2D eigenvalue weighted by Gasteiger charge is -2.32. The first-order chi connectivity index (χ1) is 15.5. The summed E-state index contributed by atoms with van der Waals surface area (Å²) in [6.07, 6.45) is 3.16. The Labute approximate surface area is 189 Å². The predicted octanol–water partition coefficient (Wildman–Crippen LogP) is 4.53. The number of carbonyl (C=O) groups excluding carboxylic acids is 1. The number of amides is 1. The smallest absolute Gasteiger partial charge is 0.223 e. The first kappa shape index (κ1) is 20.8. The van der Waals surface area contributed by atoms with Gasteiger partial charge in [0.2, 0.25) is 5.91 Å². The molecule has 1 aromatic carbocycles. The minimum absolute atomic E-state index is 0.0296. The zero-order chi connectivity index (χ0) is 22.2. The number of fused-ring (bicyclic) bond motifs is 3. The number of aryl methyl sites for hydroxylation is 2. The molecule has 1 N–H and O–H groups in total. The van der Waals surface area contributed by atoms with Crippen molar-refractivity contribution in [3.05, 3.63) is 59.3 Å². The van der Waals surface area contributed by atoms with E-state index in [2.05, 4.69) is 33.2 Å². The molecule has 1 amide bonds. The Morgan fingerprint density at radius 3 is 2.69 bits per heavy atom. The number of halogens is 1. The number of hydrogen-bond donors (Lipinski definition) is 1. The quantitative estimate of drug-likeness (QED) is 0.496. The molecule has 3 aromatic heterocycles. The summed E-state index contributed by atoms with van der Waals surface area (Å²) in [4.78, 5) is 29.8. The fourth-order valence-electron chi connectivity index (χ4n) is 4.41. The van der Waals surface area contributed by atoms with Gasteiger partial charge < -0.3 is 10.2 Å². The summed E-state index contributed by atoms with van der Waals surface area (Å²) < 4.78 is 14.1. The summed E-state index contributed by atoms with van der Waals surface area (Å²) in [5.74, 6) is 0.684. The molecule has 164 valence electrons. The van der Waals surface area contributed by atoms with Gasteiger partial charge in [-0.3, -0.25) is 4.79 Å². The number of pyridine rings is 1. The molecule has 0 atom stereocenters. The van der Waals surface area contributed by atoms with Crippen molar-refractivity contribution in [1.82, 2.24) is 20.3 Å². The number of piperidine rings is 1. The van der Waals surface area contributed by atoms with Crippen molar-refractivity contribution >= 4 is 43.5 Å². The minimum Gasteiger partial charge on any atom is -0.355 e. The molecule has 0 radical (unpaired) electrons. The van der Waals surface area contributed by atoms with Crippen LogP contribution in [0.5, 0.6) is 0 Å². The van der Waals surface area contributed by atoms with Crippen LogP contribution in [0.1, 0.15) is 29.7 Å². The molecule has 4 aromatic rings. The van der Waals surface area contributed by atoms with Gasteiger partial charge in [-0.15, -0.1) is 11.3 Å². The Balaban J connectivity index is 1.29. The average Bonchev–Trinajstić information content (AvgIpc) is 3.17. The number of rotatable bonds is 4. The molecular formula is C24H24FN5OS. The molecule has 0 bridgehead atoms. The second-order valence-electron chi connectivity index (χ2n) is 8.34. The lowest BCUT2D eigenvalue weighted by molar-refractivity contribution is -0.125. The number of aromatic nitrogens is 3. The number of thiophene rings is 1. The summed E-state index contributed by atoms with van der Waals surface area (Å²) >= 11 is 1.64. The zero-order valence-corrected chi connectivity index (χ0v) is 18.9. The van der Waals surface area contributed by atoms with Gasteiger partial charge in [-0.2, -0.15) is 0 Å². The normalized spacial score (nSPS) is 14.9. The van der Waals surface area contributed by atoms with Gasteiger partial charge in [0.1, 0.15) is 22.8 Å². The maximum atomic E-state index is 13.0. The van der Waals surface area contributed by atoms with E-state index in [4.69, 9.17) is 4.98 Å². The van der Waals surface area contributed by atoms with E-state index in [1.54, 1.807) is 29.8 Å². The summed E-state index contributed by atoms with van der Waals surface area (Å²) in [7, 11) is 0. The first-order valence-corrected chi connectivity index (χ1v) is 11.6. The number of nitrogens with zero attached hydrogens (tertiary/aromatic N) is 4. The SMILES string of the molecule is Cc1cc(C)c2c(n1)sc1c(N3CCC(C(=O)NCc4ccc(F)cc4)CC3)ncnc12. The molecule has 1 aliphatic heterocycles. The molecule has 0 spiro atoms. The maximum absolute atomic E-state index is 13.0. The van der Waals surface area contributed by atoms with Crippen molar-refractivity contribution in [1.29, 1.82) is 0 Å². The number of anilines is 1. The zero-order valence-electron chi connectivity index (χ0n) is 18.1. The number of benzene rings is 1. The lowest BCUT2D eigenvalue weighted by atomic mass is 9.95. The van der Waals surface area contributed by atoms with E-state index in [0.29, 0.717) is 6.54 Å². The number of hydrogen-bond acceptors (Lipinski definition) is 6. The van der Waals surface area contributed by atoms with E-state index in [1.165, 1.54) is 17.7 Å². The van der Waals surface area contributed by atoms with Crippen LogP contribution in [-0.2, 0) is 11.3 Å². The van der Waals surface area contributed by atoms with Crippen LogP contribution in [-0.4, -0.2) is 33.9 Å². The van der Waals surface area contributed by atoms with Gasteiger partial charge in [-0.25, -0.2) is 19.3 Å². The highest BCUT2D eigenvalue weighted by atomic mass is 32.1. The van der Waals surface area contributed by atoms with Crippen LogP contribution in [0.3, 0.4) is 0 Å². The third-order valence-corrected chi connectivity index (χ3v) is 7.15. The Morgan fingerprint density at radius 1 is 1.19 bits per heavy atom. The highest BCUT2D eigenvalue weighted by Gasteiger charge is 2.27. The van der Waals surface area contributed by atoms with Crippen molar-refractivity contribution in [2.75, 3.05) is 18.0 Å². The van der Waals surface area contributed by atoms with Gasteiger partial charge in [-0.1, -0.05) is 12.1 Å². The van der Waals surface area contributed by atoms with Crippen molar-refractivity contribution in [3.63, 3.8) is 0 Å². The average molecular weight is 450 g/mol. The van der Waals surface area contributed by atoms with Crippen LogP contribution in [0.2, 0.25) is 0 Å². The second kappa shape index (κ2) is 8.43. The van der Waals surface area contributed by atoms with E-state index in [1.807, 2.05) is 6.92 Å². The van der Waals surface area contributed by atoms with Gasteiger partial charge in [0.15, 0.2) is 0 Å². The fourth-order valence-corrected chi connectivity index (χ4v) is 5.68. The third-order valence-electron chi connectivity index (χ3n) is 6.08. The van der Waals surface area contributed by atoms with Gasteiger partial charge in [0.05, 0.1) is 10.2 Å². The Hall–Kier alpha value is -3.13. The van der Waals surface area contributed by atoms with E-state index in [-0.39, 0.29) is 17.6 Å². The number of nitrogens with one attached hydrogen (secondary N) is 1. The maximum Gasteiger partial charge on any atom is 0.223 e. The van der Waals surface area contributed by atoms with Crippen LogP contribution in [0.15, 0.2) is 36.7 Å². The molecule has 0 saturated carbocycles. The Bertz CT molecular complexity index is 1300. The second-order valence-corrected chi connectivity index (χ2v) is 9.34. The summed E-state index contributed by atoms with van der Waals surface area (Å²) in [6.45, 7) is 6.05. The molecule has 6 nitrogen and oxygen atoms in total. The Kier molecular flexibility index (Phi) is 5.46. The fraction of sp³-hybridized carbons (Fsp3) is 0.333. The van der Waals surface area contributed by atoms with Crippen molar-refractivity contribution < 1.29 is 9.18 Å². The molecule has 1 fully saturated rings. The van der Waals surface area contributed by atoms with E-state index >= 15 is 0 Å². The molecule has 32 heavy (non-hydrogen) atoms. The van der Waals surface area contributed by atoms with Crippen molar-refractivity contribution in [2.24, 2.45) is 5.92 Å². The van der Waals surface area contributed by atoms with Crippen LogP contribution in [0.25, 0.3) is 20.4 Å². The minimum atomic E-state index is -0.272. The molecule has 8 heteroatoms. The summed E-state index contributed by atoms with van der Waals surface area (Å²) in [5.41, 5.74) is 4.03. The Morgan fingerprint density at radius 2 is 1.94 bits per heavy atom. The van der Waals surface area contributed by atoms with E-state index < -0.39 is 0 Å².